The third-order valence-electron chi connectivity index (χ3n) is 6.51. The van der Waals surface area contributed by atoms with Gasteiger partial charge in [-0.15, -0.1) is 0 Å². The maximum absolute atomic E-state index is 13.2. The summed E-state index contributed by atoms with van der Waals surface area (Å²) in [5.74, 6) is 1.08. The van der Waals surface area contributed by atoms with E-state index >= 15 is 0 Å². The summed E-state index contributed by atoms with van der Waals surface area (Å²) in [6.07, 6.45) is 1.86. The Hall–Kier alpha value is -3.85. The average Bonchev–Trinajstić information content (AvgIpc) is 3.54. The number of aryl methyl sites for hydroxylation is 1. The summed E-state index contributed by atoms with van der Waals surface area (Å²) in [7, 11) is 1.49. The third-order valence-corrected chi connectivity index (χ3v) is 6.51. The number of allylic oxidation sites excluding steroid dienone is 1. The molecule has 3 heterocycles. The van der Waals surface area contributed by atoms with Crippen LogP contribution in [0.25, 0.3) is 17.0 Å². The third kappa shape index (κ3) is 4.46. The molecule has 0 spiro atoms. The fourth-order valence-electron chi connectivity index (χ4n) is 4.56. The Morgan fingerprint density at radius 3 is 2.69 bits per heavy atom. The molecule has 3 aromatic rings. The molecule has 2 N–H and O–H groups in total. The Morgan fingerprint density at radius 1 is 1.20 bits per heavy atom. The van der Waals surface area contributed by atoms with Crippen molar-refractivity contribution in [1.82, 2.24) is 20.4 Å². The number of nitrogens with zero attached hydrogens (tertiary/aromatic N) is 3. The largest absolute Gasteiger partial charge is 0.504 e. The van der Waals surface area contributed by atoms with Gasteiger partial charge in [-0.2, -0.15) is 4.98 Å². The van der Waals surface area contributed by atoms with Gasteiger partial charge in [0.25, 0.3) is 5.89 Å². The summed E-state index contributed by atoms with van der Waals surface area (Å²) >= 11 is 0. The number of hydrogen-bond donors (Lipinski definition) is 2. The highest BCUT2D eigenvalue weighted by atomic mass is 16.5. The summed E-state index contributed by atoms with van der Waals surface area (Å²) < 4.78 is 16.7. The summed E-state index contributed by atoms with van der Waals surface area (Å²) in [6, 6.07) is 12.0. The number of phenolic OH excluding ortho intramolecular Hbond substituents is 1. The van der Waals surface area contributed by atoms with Crippen LogP contribution in [0.3, 0.4) is 0 Å². The van der Waals surface area contributed by atoms with Gasteiger partial charge in [-0.05, 0) is 44.4 Å². The van der Waals surface area contributed by atoms with E-state index in [2.05, 4.69) is 15.5 Å². The molecule has 2 atom stereocenters. The van der Waals surface area contributed by atoms with Gasteiger partial charge in [0.2, 0.25) is 5.82 Å². The van der Waals surface area contributed by atoms with Gasteiger partial charge in [-0.25, -0.2) is 4.79 Å². The van der Waals surface area contributed by atoms with Crippen molar-refractivity contribution >= 4 is 11.6 Å². The minimum atomic E-state index is -0.605. The number of nitrogens with one attached hydrogen (secondary N) is 1. The molecule has 1 fully saturated rings. The normalized spacial score (nSPS) is 20.3. The zero-order chi connectivity index (χ0) is 24.5. The van der Waals surface area contributed by atoms with Crippen LogP contribution < -0.4 is 10.1 Å². The number of ether oxygens (including phenoxy) is 2. The summed E-state index contributed by atoms with van der Waals surface area (Å²) in [5, 5.41) is 17.6. The zero-order valence-electron chi connectivity index (χ0n) is 19.9. The van der Waals surface area contributed by atoms with Crippen LogP contribution in [0.4, 0.5) is 4.79 Å². The number of benzene rings is 2. The fraction of sp³-hybridized carbons (Fsp3) is 0.346. The molecule has 2 aliphatic rings. The number of aromatic hydroxyl groups is 1. The molecule has 0 radical (unpaired) electrons. The lowest BCUT2D eigenvalue weighted by atomic mass is 9.94. The summed E-state index contributed by atoms with van der Waals surface area (Å²) in [5.41, 5.74) is 3.99. The summed E-state index contributed by atoms with van der Waals surface area (Å²) in [4.78, 5) is 19.5. The molecule has 2 unspecified atom stereocenters. The molecule has 0 aliphatic carbocycles. The minimum Gasteiger partial charge on any atom is -0.504 e. The van der Waals surface area contributed by atoms with E-state index in [0.29, 0.717) is 47.4 Å². The molecule has 0 bridgehead atoms. The van der Waals surface area contributed by atoms with Crippen LogP contribution in [0, 0.1) is 6.92 Å². The number of carbonyl (C=O) groups excluding carboxylic acids is 1. The second-order valence-electron chi connectivity index (χ2n) is 8.85. The standard InChI is InChI=1S/C26H28N4O5/c1-15-6-8-17(9-7-15)24-28-25(35-29-24)22-16(2)30(14-19-5-4-12-34-19)26(32)27-23(22)18-10-11-21(33-3)20(31)13-18/h6-11,13,19,23,31H,4-5,12,14H2,1-3H3,(H,27,32). The second-order valence-corrected chi connectivity index (χ2v) is 8.85. The molecule has 2 amide bonds. The Balaban J connectivity index is 1.57. The quantitative estimate of drug-likeness (QED) is 0.541. The van der Waals surface area contributed by atoms with Crippen molar-refractivity contribution in [3.05, 3.63) is 65.2 Å². The minimum absolute atomic E-state index is 0.0238. The van der Waals surface area contributed by atoms with Gasteiger partial charge in [-0.3, -0.25) is 4.90 Å². The smallest absolute Gasteiger partial charge is 0.322 e. The highest BCUT2D eigenvalue weighted by Crippen LogP contribution is 2.40. The first-order chi connectivity index (χ1) is 16.9. The highest BCUT2D eigenvalue weighted by molar-refractivity contribution is 5.87. The number of urea groups is 1. The maximum Gasteiger partial charge on any atom is 0.322 e. The van der Waals surface area contributed by atoms with E-state index < -0.39 is 6.04 Å². The molecular formula is C26H28N4O5. The predicted molar refractivity (Wildman–Crippen MR) is 129 cm³/mol. The Kier molecular flexibility index (Phi) is 6.17. The molecular weight excluding hydrogens is 448 g/mol. The van der Waals surface area contributed by atoms with E-state index in [-0.39, 0.29) is 17.9 Å². The van der Waals surface area contributed by atoms with Crippen LogP contribution in [0.1, 0.15) is 42.8 Å². The first kappa shape index (κ1) is 22.9. The van der Waals surface area contributed by atoms with Crippen LogP contribution in [0.15, 0.2) is 52.7 Å². The first-order valence-corrected chi connectivity index (χ1v) is 11.6. The molecule has 5 rings (SSSR count). The van der Waals surface area contributed by atoms with Crippen molar-refractivity contribution in [1.29, 1.82) is 0 Å². The Labute approximate surface area is 203 Å². The number of aromatic nitrogens is 2. The fourth-order valence-corrected chi connectivity index (χ4v) is 4.56. The van der Waals surface area contributed by atoms with Crippen molar-refractivity contribution in [3.8, 4) is 22.9 Å². The molecule has 35 heavy (non-hydrogen) atoms. The lowest BCUT2D eigenvalue weighted by Crippen LogP contribution is -2.48. The molecule has 0 saturated carbocycles. The molecule has 2 aromatic carbocycles. The number of hydrogen-bond acceptors (Lipinski definition) is 7. The number of rotatable bonds is 6. The number of methoxy groups -OCH3 is 1. The number of amides is 2. The monoisotopic (exact) mass is 476 g/mol. The van der Waals surface area contributed by atoms with Crippen molar-refractivity contribution in [2.75, 3.05) is 20.3 Å². The van der Waals surface area contributed by atoms with Gasteiger partial charge >= 0.3 is 6.03 Å². The zero-order valence-corrected chi connectivity index (χ0v) is 19.9. The van der Waals surface area contributed by atoms with Crippen LogP contribution >= 0.6 is 0 Å². The average molecular weight is 477 g/mol. The van der Waals surface area contributed by atoms with Crippen LogP contribution in [-0.4, -0.2) is 52.5 Å². The lowest BCUT2D eigenvalue weighted by molar-refractivity contribution is 0.0877. The van der Waals surface area contributed by atoms with Gasteiger partial charge in [0, 0.05) is 17.9 Å². The van der Waals surface area contributed by atoms with Gasteiger partial charge in [0.15, 0.2) is 11.5 Å². The van der Waals surface area contributed by atoms with Crippen LogP contribution in [-0.2, 0) is 4.74 Å². The van der Waals surface area contributed by atoms with E-state index in [1.807, 2.05) is 38.1 Å². The number of carbonyl (C=O) groups is 1. The van der Waals surface area contributed by atoms with Crippen LogP contribution in [0.2, 0.25) is 0 Å². The topological polar surface area (TPSA) is 110 Å². The molecule has 182 valence electrons. The second kappa shape index (κ2) is 9.42. The van der Waals surface area contributed by atoms with Crippen molar-refractivity contribution in [2.45, 2.75) is 38.8 Å². The van der Waals surface area contributed by atoms with E-state index in [4.69, 9.17) is 14.0 Å². The highest BCUT2D eigenvalue weighted by Gasteiger charge is 2.37. The van der Waals surface area contributed by atoms with Crippen LogP contribution in [0.5, 0.6) is 11.5 Å². The lowest BCUT2D eigenvalue weighted by Gasteiger charge is -2.36. The molecule has 9 nitrogen and oxygen atoms in total. The molecule has 2 aliphatic heterocycles. The van der Waals surface area contributed by atoms with E-state index in [0.717, 1.165) is 24.0 Å². The molecule has 9 heteroatoms. The Morgan fingerprint density at radius 2 is 2.00 bits per heavy atom. The van der Waals surface area contributed by atoms with Crippen molar-refractivity contribution < 1.29 is 23.9 Å². The number of phenols is 1. The molecule has 1 saturated heterocycles. The van der Waals surface area contributed by atoms with Crippen molar-refractivity contribution in [3.63, 3.8) is 0 Å². The van der Waals surface area contributed by atoms with Crippen molar-refractivity contribution in [2.24, 2.45) is 0 Å². The maximum atomic E-state index is 13.2. The van der Waals surface area contributed by atoms with Gasteiger partial charge in [0.05, 0.1) is 31.4 Å². The van der Waals surface area contributed by atoms with E-state index in [1.54, 1.807) is 23.1 Å². The molecule has 1 aromatic heterocycles. The summed E-state index contributed by atoms with van der Waals surface area (Å²) in [6.45, 7) is 5.02. The Bertz CT molecular complexity index is 1260. The predicted octanol–water partition coefficient (Wildman–Crippen LogP) is 4.44. The first-order valence-electron chi connectivity index (χ1n) is 11.6. The SMILES string of the molecule is COc1ccc(C2NC(=O)N(CC3CCCO3)C(C)=C2c2nc(-c3ccc(C)cc3)no2)cc1O. The van der Waals surface area contributed by atoms with Gasteiger partial charge < -0.3 is 24.4 Å². The van der Waals surface area contributed by atoms with Gasteiger partial charge in [-0.1, -0.05) is 41.1 Å². The van der Waals surface area contributed by atoms with E-state index in [1.165, 1.54) is 7.11 Å². The van der Waals surface area contributed by atoms with Gasteiger partial charge in [0.1, 0.15) is 0 Å². The van der Waals surface area contributed by atoms with E-state index in [9.17, 15) is 9.90 Å².